The third-order valence-corrected chi connectivity index (χ3v) is 1.88. The minimum absolute atomic E-state index is 0.0824. The molecule has 0 aliphatic rings. The number of ether oxygens (including phenoxy) is 1. The van der Waals surface area contributed by atoms with Crippen molar-refractivity contribution in [2.75, 3.05) is 6.61 Å². The van der Waals surface area contributed by atoms with Gasteiger partial charge in [-0.15, -0.1) is 0 Å². The number of halogens is 2. The van der Waals surface area contributed by atoms with Gasteiger partial charge in [-0.3, -0.25) is 0 Å². The van der Waals surface area contributed by atoms with Crippen molar-refractivity contribution >= 4 is 12.0 Å². The van der Waals surface area contributed by atoms with E-state index in [9.17, 15) is 13.6 Å². The highest BCUT2D eigenvalue weighted by Gasteiger charge is 2.02. The van der Waals surface area contributed by atoms with Crippen LogP contribution in [0.25, 0.3) is 6.08 Å². The summed E-state index contributed by atoms with van der Waals surface area (Å²) in [5.41, 5.74) is 1.41. The van der Waals surface area contributed by atoms with Crippen LogP contribution in [0.1, 0.15) is 11.1 Å². The van der Waals surface area contributed by atoms with Gasteiger partial charge in [-0.1, -0.05) is 18.2 Å². The minimum atomic E-state index is -2.48. The smallest absolute Gasteiger partial charge is 0.328 e. The Morgan fingerprint density at radius 3 is 2.88 bits per heavy atom. The summed E-state index contributed by atoms with van der Waals surface area (Å²) >= 11 is 0. The molecule has 92 valence electrons. The molecule has 0 saturated heterocycles. The summed E-state index contributed by atoms with van der Waals surface area (Å²) in [6, 6.07) is 6.84. The van der Waals surface area contributed by atoms with Gasteiger partial charge in [-0.25, -0.2) is 13.6 Å². The molecule has 0 radical (unpaired) electrons. The van der Waals surface area contributed by atoms with Crippen LogP contribution in [0, 0.1) is 0 Å². The zero-order valence-corrected chi connectivity index (χ0v) is 8.98. The summed E-state index contributed by atoms with van der Waals surface area (Å²) < 4.78 is 28.4. The summed E-state index contributed by atoms with van der Waals surface area (Å²) in [6.45, 7) is -0.520. The molecule has 1 aromatic rings. The van der Waals surface area contributed by atoms with Crippen LogP contribution >= 0.6 is 0 Å². The Labute approximate surface area is 97.3 Å². The third-order valence-electron chi connectivity index (χ3n) is 1.88. The maximum Gasteiger partial charge on any atom is 0.328 e. The van der Waals surface area contributed by atoms with Crippen LogP contribution in [0.3, 0.4) is 0 Å². The molecule has 17 heavy (non-hydrogen) atoms. The Kier molecular flexibility index (Phi) is 5.29. The molecule has 5 heteroatoms. The van der Waals surface area contributed by atoms with Gasteiger partial charge in [0.2, 0.25) is 0 Å². The summed E-state index contributed by atoms with van der Waals surface area (Å²) in [5.74, 6) is -1.04. The van der Waals surface area contributed by atoms with E-state index in [2.05, 4.69) is 0 Å². The number of carboxylic acids is 1. The predicted molar refractivity (Wildman–Crippen MR) is 58.8 cm³/mol. The summed E-state index contributed by atoms with van der Waals surface area (Å²) in [7, 11) is 0. The van der Waals surface area contributed by atoms with Gasteiger partial charge in [-0.2, -0.15) is 0 Å². The zero-order chi connectivity index (χ0) is 12.7. The molecule has 0 aliphatic heterocycles. The first-order valence-corrected chi connectivity index (χ1v) is 4.94. The quantitative estimate of drug-likeness (QED) is 0.780. The van der Waals surface area contributed by atoms with E-state index in [1.807, 2.05) is 0 Å². The molecule has 3 nitrogen and oxygen atoms in total. The number of carboxylic acid groups (broad SMARTS) is 1. The Balaban J connectivity index is 2.56. The fourth-order valence-electron chi connectivity index (χ4n) is 1.22. The van der Waals surface area contributed by atoms with Crippen LogP contribution in [-0.4, -0.2) is 24.1 Å². The van der Waals surface area contributed by atoms with E-state index in [0.717, 1.165) is 11.6 Å². The SMILES string of the molecule is O=C(O)/C=C/c1cccc(COCC(F)F)c1. The van der Waals surface area contributed by atoms with Crippen molar-refractivity contribution in [3.8, 4) is 0 Å². The Bertz CT molecular complexity index is 402. The molecule has 0 fully saturated rings. The first-order valence-electron chi connectivity index (χ1n) is 4.94. The summed E-state index contributed by atoms with van der Waals surface area (Å²) in [4.78, 5) is 10.3. The molecular weight excluding hydrogens is 230 g/mol. The van der Waals surface area contributed by atoms with Gasteiger partial charge in [0, 0.05) is 6.08 Å². The van der Waals surface area contributed by atoms with Gasteiger partial charge in [0.1, 0.15) is 6.61 Å². The molecule has 0 heterocycles. The number of benzene rings is 1. The second-order valence-corrected chi connectivity index (χ2v) is 3.32. The van der Waals surface area contributed by atoms with E-state index in [0.29, 0.717) is 5.56 Å². The van der Waals surface area contributed by atoms with Crippen LogP contribution in [0.2, 0.25) is 0 Å². The van der Waals surface area contributed by atoms with Crippen LogP contribution in [-0.2, 0) is 16.1 Å². The minimum Gasteiger partial charge on any atom is -0.478 e. The van der Waals surface area contributed by atoms with Gasteiger partial charge in [0.25, 0.3) is 6.43 Å². The van der Waals surface area contributed by atoms with E-state index in [1.54, 1.807) is 24.3 Å². The van der Waals surface area contributed by atoms with E-state index < -0.39 is 19.0 Å². The van der Waals surface area contributed by atoms with Gasteiger partial charge < -0.3 is 9.84 Å². The summed E-state index contributed by atoms with van der Waals surface area (Å²) in [6.07, 6.45) is -0.0389. The zero-order valence-electron chi connectivity index (χ0n) is 8.98. The normalized spacial score (nSPS) is 11.2. The number of hydrogen-bond acceptors (Lipinski definition) is 2. The van der Waals surface area contributed by atoms with E-state index in [1.165, 1.54) is 6.08 Å². The first-order chi connectivity index (χ1) is 8.08. The van der Waals surface area contributed by atoms with Gasteiger partial charge >= 0.3 is 5.97 Å². The lowest BCUT2D eigenvalue weighted by Gasteiger charge is -2.04. The highest BCUT2D eigenvalue weighted by atomic mass is 19.3. The Morgan fingerprint density at radius 1 is 1.47 bits per heavy atom. The molecule has 0 amide bonds. The topological polar surface area (TPSA) is 46.5 Å². The predicted octanol–water partition coefficient (Wildman–Crippen LogP) is 2.57. The molecule has 0 atom stereocenters. The van der Waals surface area contributed by atoms with Gasteiger partial charge in [-0.05, 0) is 23.3 Å². The number of rotatable bonds is 6. The number of aliphatic carboxylic acids is 1. The van der Waals surface area contributed by atoms with Gasteiger partial charge in [0.15, 0.2) is 0 Å². The van der Waals surface area contributed by atoms with E-state index >= 15 is 0 Å². The molecule has 0 spiro atoms. The molecule has 0 bridgehead atoms. The highest BCUT2D eigenvalue weighted by Crippen LogP contribution is 2.09. The first kappa shape index (κ1) is 13.3. The van der Waals surface area contributed by atoms with Crippen LogP contribution in [0.15, 0.2) is 30.3 Å². The van der Waals surface area contributed by atoms with Crippen LogP contribution < -0.4 is 0 Å². The fraction of sp³-hybridized carbons (Fsp3) is 0.250. The number of hydrogen-bond donors (Lipinski definition) is 1. The van der Waals surface area contributed by atoms with Crippen molar-refractivity contribution in [3.05, 3.63) is 41.5 Å². The van der Waals surface area contributed by atoms with Crippen molar-refractivity contribution in [3.63, 3.8) is 0 Å². The molecule has 1 N–H and O–H groups in total. The highest BCUT2D eigenvalue weighted by molar-refractivity contribution is 5.85. The van der Waals surface area contributed by atoms with E-state index in [4.69, 9.17) is 9.84 Å². The van der Waals surface area contributed by atoms with Crippen molar-refractivity contribution in [2.24, 2.45) is 0 Å². The molecular formula is C12H12F2O3. The van der Waals surface area contributed by atoms with Crippen molar-refractivity contribution < 1.29 is 23.4 Å². The van der Waals surface area contributed by atoms with Crippen molar-refractivity contribution in [1.82, 2.24) is 0 Å². The largest absolute Gasteiger partial charge is 0.478 e. The Hall–Kier alpha value is -1.75. The molecule has 0 aliphatic carbocycles. The van der Waals surface area contributed by atoms with Crippen molar-refractivity contribution in [1.29, 1.82) is 0 Å². The maximum absolute atomic E-state index is 11.8. The fourth-order valence-corrected chi connectivity index (χ4v) is 1.22. The average Bonchev–Trinajstić information content (AvgIpc) is 2.26. The average molecular weight is 242 g/mol. The maximum atomic E-state index is 11.8. The summed E-state index contributed by atoms with van der Waals surface area (Å²) in [5, 5.41) is 8.45. The molecule has 0 aromatic heterocycles. The van der Waals surface area contributed by atoms with Crippen LogP contribution in [0.4, 0.5) is 8.78 Å². The molecule has 0 unspecified atom stereocenters. The third kappa shape index (κ3) is 5.77. The molecule has 1 rings (SSSR count). The second-order valence-electron chi connectivity index (χ2n) is 3.32. The molecule has 1 aromatic carbocycles. The molecule has 0 saturated carbocycles. The monoisotopic (exact) mass is 242 g/mol. The number of carbonyl (C=O) groups is 1. The lowest BCUT2D eigenvalue weighted by atomic mass is 10.1. The van der Waals surface area contributed by atoms with Crippen LogP contribution in [0.5, 0.6) is 0 Å². The second kappa shape index (κ2) is 6.75. The lowest BCUT2D eigenvalue weighted by molar-refractivity contribution is -0.131. The number of alkyl halides is 2. The van der Waals surface area contributed by atoms with E-state index in [-0.39, 0.29) is 6.61 Å². The standard InChI is InChI=1S/C12H12F2O3/c13-11(14)8-17-7-10-3-1-2-9(6-10)4-5-12(15)16/h1-6,11H,7-8H2,(H,15,16)/b5-4+. The lowest BCUT2D eigenvalue weighted by Crippen LogP contribution is -2.04. The van der Waals surface area contributed by atoms with Gasteiger partial charge in [0.05, 0.1) is 6.61 Å². The van der Waals surface area contributed by atoms with Crippen molar-refractivity contribution in [2.45, 2.75) is 13.0 Å². The Morgan fingerprint density at radius 2 is 2.24 bits per heavy atom.